The van der Waals surface area contributed by atoms with Crippen molar-refractivity contribution in [3.63, 3.8) is 0 Å². The molecule has 118 valence electrons. The van der Waals surface area contributed by atoms with Crippen LogP contribution in [0.4, 0.5) is 0 Å². The summed E-state index contributed by atoms with van der Waals surface area (Å²) in [6.45, 7) is 0. The summed E-state index contributed by atoms with van der Waals surface area (Å²) >= 11 is 0. The fourth-order valence-corrected chi connectivity index (χ4v) is 2.43. The van der Waals surface area contributed by atoms with Crippen LogP contribution >= 0.6 is 0 Å². The summed E-state index contributed by atoms with van der Waals surface area (Å²) in [6, 6.07) is 8.56. The first-order chi connectivity index (χ1) is 11.6. The summed E-state index contributed by atoms with van der Waals surface area (Å²) in [7, 11) is 0. The molecule has 0 N–H and O–H groups in total. The monoisotopic (exact) mass is 326 g/mol. The summed E-state index contributed by atoms with van der Waals surface area (Å²) < 4.78 is 8.99. The maximum absolute atomic E-state index is 11.7. The van der Waals surface area contributed by atoms with Crippen molar-refractivity contribution in [3.05, 3.63) is 58.7 Å². The lowest BCUT2D eigenvalue weighted by molar-refractivity contribution is -0.101. The molecule has 8 heteroatoms. The number of hydrogen-bond acceptors (Lipinski definition) is 8. The second-order valence-electron chi connectivity index (χ2n) is 4.88. The number of esters is 4. The highest BCUT2D eigenvalue weighted by atomic mass is 17.2. The Labute approximate surface area is 133 Å². The molecule has 0 unspecified atom stereocenters. The quantitative estimate of drug-likeness (QED) is 0.363. The minimum absolute atomic E-state index is 0.0500. The van der Waals surface area contributed by atoms with E-state index in [1.807, 2.05) is 0 Å². The molecule has 0 saturated heterocycles. The maximum atomic E-state index is 11.7. The van der Waals surface area contributed by atoms with Gasteiger partial charge >= 0.3 is 23.9 Å². The minimum atomic E-state index is -0.859. The summed E-state index contributed by atoms with van der Waals surface area (Å²) in [6.07, 6.45) is 0. The van der Waals surface area contributed by atoms with Gasteiger partial charge in [-0.2, -0.15) is 0 Å². The highest BCUT2D eigenvalue weighted by molar-refractivity contribution is 6.16. The smallest absolute Gasteiger partial charge is 0.350 e. The van der Waals surface area contributed by atoms with Crippen LogP contribution in [0.1, 0.15) is 41.4 Å². The Morgan fingerprint density at radius 1 is 0.583 bits per heavy atom. The lowest BCUT2D eigenvalue weighted by atomic mass is 10.1. The van der Waals surface area contributed by atoms with Gasteiger partial charge in [-0.3, -0.25) is 9.78 Å². The number of ether oxygens (including phenoxy) is 2. The minimum Gasteiger partial charge on any atom is -0.386 e. The molecule has 0 saturated carbocycles. The molecule has 24 heavy (non-hydrogen) atoms. The van der Waals surface area contributed by atoms with Gasteiger partial charge in [0.25, 0.3) is 0 Å². The normalized spacial score (nSPS) is 14.8. The molecule has 8 nitrogen and oxygen atoms in total. The molecule has 0 aliphatic carbocycles. The Morgan fingerprint density at radius 2 is 1.00 bits per heavy atom. The van der Waals surface area contributed by atoms with E-state index in [9.17, 15) is 19.2 Å². The van der Waals surface area contributed by atoms with Crippen molar-refractivity contribution >= 4 is 23.9 Å². The molecule has 0 amide bonds. The average molecular weight is 326 g/mol. The van der Waals surface area contributed by atoms with E-state index in [1.54, 1.807) is 0 Å². The first kappa shape index (κ1) is 13.9. The van der Waals surface area contributed by atoms with Gasteiger partial charge in [-0.25, -0.2) is 19.2 Å². The first-order valence-electron chi connectivity index (χ1n) is 6.70. The van der Waals surface area contributed by atoms with Crippen molar-refractivity contribution in [2.45, 2.75) is 0 Å². The van der Waals surface area contributed by atoms with Gasteiger partial charge in [-0.1, -0.05) is 12.1 Å². The molecule has 0 atom stereocenters. The Hall–Kier alpha value is -3.68. The van der Waals surface area contributed by atoms with Gasteiger partial charge in [0.05, 0.1) is 11.1 Å². The van der Waals surface area contributed by atoms with Gasteiger partial charge in [0, 0.05) is 0 Å². The lowest BCUT2D eigenvalue weighted by Gasteiger charge is -2.08. The van der Waals surface area contributed by atoms with Crippen molar-refractivity contribution in [1.29, 1.82) is 0 Å². The number of hydrogen-bond donors (Lipinski definition) is 0. The Balaban J connectivity index is 1.67. The van der Waals surface area contributed by atoms with Gasteiger partial charge in [0.1, 0.15) is 11.1 Å². The lowest BCUT2D eigenvalue weighted by Crippen LogP contribution is -2.08. The topological polar surface area (TPSA) is 105 Å². The molecule has 0 radical (unpaired) electrons. The van der Waals surface area contributed by atoms with E-state index < -0.39 is 23.9 Å². The van der Waals surface area contributed by atoms with Gasteiger partial charge in [0.15, 0.2) is 11.5 Å². The second kappa shape index (κ2) is 4.92. The Morgan fingerprint density at radius 3 is 1.42 bits per heavy atom. The van der Waals surface area contributed by atoms with Gasteiger partial charge < -0.3 is 9.47 Å². The summed E-state index contributed by atoms with van der Waals surface area (Å²) in [5.74, 6) is -3.40. The third kappa shape index (κ3) is 1.93. The van der Waals surface area contributed by atoms with Crippen LogP contribution in [0.3, 0.4) is 0 Å². The first-order valence-corrected chi connectivity index (χ1v) is 6.70. The van der Waals surface area contributed by atoms with Crippen molar-refractivity contribution < 1.29 is 38.4 Å². The highest BCUT2D eigenvalue weighted by Gasteiger charge is 2.35. The molecule has 2 aliphatic heterocycles. The van der Waals surface area contributed by atoms with Crippen molar-refractivity contribution in [3.8, 4) is 11.5 Å². The summed E-state index contributed by atoms with van der Waals surface area (Å²) in [5, 5.41) is 0. The number of fused-ring (bicyclic) bond motifs is 2. The van der Waals surface area contributed by atoms with Crippen LogP contribution in [0.25, 0.3) is 0 Å². The molecule has 0 spiro atoms. The number of cyclic esters (lactones) is 4. The zero-order chi connectivity index (χ0) is 16.8. The zero-order valence-electron chi connectivity index (χ0n) is 11.7. The molecule has 2 aromatic carbocycles. The van der Waals surface area contributed by atoms with Crippen LogP contribution in [-0.2, 0) is 9.47 Å². The highest BCUT2D eigenvalue weighted by Crippen LogP contribution is 2.32. The van der Waals surface area contributed by atoms with E-state index in [1.165, 1.54) is 36.4 Å². The standard InChI is InChI=1S/C16H6O8/c17-13-7-3-1-5-9(11(7)15(19)21-13)23-24-10-6-2-4-8-12(10)16(20)22-14(8)18/h1-6H. The summed E-state index contributed by atoms with van der Waals surface area (Å²) in [5.41, 5.74) is -0.0505. The molecule has 2 aromatic rings. The Kier molecular flexibility index (Phi) is 2.86. The molecule has 4 rings (SSSR count). The van der Waals surface area contributed by atoms with Crippen LogP contribution in [0.15, 0.2) is 36.4 Å². The number of rotatable bonds is 3. The van der Waals surface area contributed by atoms with E-state index >= 15 is 0 Å². The maximum Gasteiger partial charge on any atom is 0.350 e. The van der Waals surface area contributed by atoms with Crippen LogP contribution in [0, 0.1) is 0 Å². The molecule has 2 heterocycles. The van der Waals surface area contributed by atoms with Crippen LogP contribution in [0.2, 0.25) is 0 Å². The van der Waals surface area contributed by atoms with Crippen molar-refractivity contribution in [2.24, 2.45) is 0 Å². The summed E-state index contributed by atoms with van der Waals surface area (Å²) in [4.78, 5) is 56.6. The van der Waals surface area contributed by atoms with E-state index in [-0.39, 0.29) is 33.8 Å². The average Bonchev–Trinajstić information content (AvgIpc) is 3.03. The Bertz CT molecular complexity index is 866. The van der Waals surface area contributed by atoms with E-state index in [4.69, 9.17) is 9.78 Å². The fourth-order valence-electron chi connectivity index (χ4n) is 2.43. The van der Waals surface area contributed by atoms with Gasteiger partial charge in [-0.15, -0.1) is 0 Å². The molecule has 0 aromatic heterocycles. The number of carbonyl (C=O) groups is 4. The largest absolute Gasteiger partial charge is 0.386 e. The SMILES string of the molecule is O=C1OC(=O)c2c(OOc3cccc4c3C(=O)OC4=O)cccc21. The van der Waals surface area contributed by atoms with Crippen LogP contribution < -0.4 is 9.78 Å². The second-order valence-corrected chi connectivity index (χ2v) is 4.88. The van der Waals surface area contributed by atoms with E-state index in [0.717, 1.165) is 0 Å². The predicted octanol–water partition coefficient (Wildman–Crippen LogP) is 1.68. The molecule has 2 aliphatic rings. The molecule has 0 bridgehead atoms. The van der Waals surface area contributed by atoms with Gasteiger partial charge in [0.2, 0.25) is 0 Å². The van der Waals surface area contributed by atoms with Gasteiger partial charge in [-0.05, 0) is 24.3 Å². The van der Waals surface area contributed by atoms with Crippen LogP contribution in [-0.4, -0.2) is 23.9 Å². The molecule has 0 fully saturated rings. The third-order valence-corrected chi connectivity index (χ3v) is 3.49. The van der Waals surface area contributed by atoms with Crippen LogP contribution in [0.5, 0.6) is 11.5 Å². The zero-order valence-corrected chi connectivity index (χ0v) is 11.7. The number of carbonyl (C=O) groups excluding carboxylic acids is 4. The third-order valence-electron chi connectivity index (χ3n) is 3.49. The van der Waals surface area contributed by atoms with E-state index in [2.05, 4.69) is 9.47 Å². The molecular formula is C16H6O8. The number of benzene rings is 2. The fraction of sp³-hybridized carbons (Fsp3) is 0. The van der Waals surface area contributed by atoms with Crippen molar-refractivity contribution in [1.82, 2.24) is 0 Å². The van der Waals surface area contributed by atoms with Crippen molar-refractivity contribution in [2.75, 3.05) is 0 Å². The predicted molar refractivity (Wildman–Crippen MR) is 73.6 cm³/mol. The molecular weight excluding hydrogens is 320 g/mol. The van der Waals surface area contributed by atoms with E-state index in [0.29, 0.717) is 0 Å².